The molecular weight excluding hydrogens is 372 g/mol. The highest BCUT2D eigenvalue weighted by atomic mass is 32.2. The zero-order valence-electron chi connectivity index (χ0n) is 15.4. The Morgan fingerprint density at radius 1 is 1.19 bits per heavy atom. The van der Waals surface area contributed by atoms with Crippen LogP contribution in [0, 0.1) is 24.0 Å². The van der Waals surface area contributed by atoms with Gasteiger partial charge in [0.25, 0.3) is 5.69 Å². The van der Waals surface area contributed by atoms with Gasteiger partial charge in [-0.05, 0) is 42.7 Å². The first-order valence-electron chi connectivity index (χ1n) is 7.98. The predicted octanol–water partition coefficient (Wildman–Crippen LogP) is 2.82. The summed E-state index contributed by atoms with van der Waals surface area (Å²) in [7, 11) is -0.890. The molecule has 0 fully saturated rings. The van der Waals surface area contributed by atoms with Gasteiger partial charge in [0.05, 0.1) is 15.4 Å². The second kappa shape index (κ2) is 7.85. The van der Waals surface area contributed by atoms with Gasteiger partial charge < -0.3 is 4.74 Å². The molecule has 0 amide bonds. The highest BCUT2D eigenvalue weighted by molar-refractivity contribution is 7.89. The van der Waals surface area contributed by atoms with Crippen molar-refractivity contribution in [1.82, 2.24) is 4.31 Å². The van der Waals surface area contributed by atoms with Crippen molar-refractivity contribution in [2.45, 2.75) is 25.3 Å². The molecular formula is C18H20N2O6S. The van der Waals surface area contributed by atoms with Gasteiger partial charge in [-0.2, -0.15) is 0 Å². The molecule has 0 unspecified atom stereocenters. The average molecular weight is 392 g/mol. The van der Waals surface area contributed by atoms with Gasteiger partial charge in [-0.15, -0.1) is 0 Å². The molecule has 0 aliphatic carbocycles. The number of aryl methyl sites for hydroxylation is 1. The lowest BCUT2D eigenvalue weighted by atomic mass is 10.1. The maximum atomic E-state index is 12.5. The molecule has 0 aromatic heterocycles. The summed E-state index contributed by atoms with van der Waals surface area (Å²) in [5.41, 5.74) is 1.65. The van der Waals surface area contributed by atoms with Crippen molar-refractivity contribution < 1.29 is 22.9 Å². The molecule has 0 saturated heterocycles. The zero-order valence-corrected chi connectivity index (χ0v) is 16.2. The monoisotopic (exact) mass is 392 g/mol. The van der Waals surface area contributed by atoms with Crippen molar-refractivity contribution in [3.05, 3.63) is 68.8 Å². The largest absolute Gasteiger partial charge is 0.457 e. The van der Waals surface area contributed by atoms with Crippen LogP contribution in [0.3, 0.4) is 0 Å². The Balaban J connectivity index is 2.28. The van der Waals surface area contributed by atoms with Gasteiger partial charge in [-0.1, -0.05) is 12.1 Å². The third-order valence-corrected chi connectivity index (χ3v) is 6.05. The summed E-state index contributed by atoms with van der Waals surface area (Å²) in [5.74, 6) is -0.709. The molecule has 0 aliphatic rings. The van der Waals surface area contributed by atoms with E-state index >= 15 is 0 Å². The number of esters is 1. The van der Waals surface area contributed by atoms with E-state index in [4.69, 9.17) is 4.74 Å². The number of nitro benzene ring substituents is 1. The zero-order chi connectivity index (χ0) is 20.4. The lowest BCUT2D eigenvalue weighted by Crippen LogP contribution is -2.24. The summed E-state index contributed by atoms with van der Waals surface area (Å²) >= 11 is 0. The minimum Gasteiger partial charge on any atom is -0.457 e. The van der Waals surface area contributed by atoms with Crippen LogP contribution >= 0.6 is 0 Å². The molecule has 0 radical (unpaired) electrons. The molecule has 0 saturated carbocycles. The molecule has 2 rings (SSSR count). The third-order valence-electron chi connectivity index (χ3n) is 4.11. The van der Waals surface area contributed by atoms with Gasteiger partial charge >= 0.3 is 5.97 Å². The third kappa shape index (κ3) is 4.50. The first-order valence-corrected chi connectivity index (χ1v) is 9.42. The molecule has 0 bridgehead atoms. The van der Waals surface area contributed by atoms with Gasteiger partial charge in [0, 0.05) is 26.2 Å². The summed E-state index contributed by atoms with van der Waals surface area (Å²) in [6.45, 7) is 3.22. The van der Waals surface area contributed by atoms with Gasteiger partial charge in [-0.3, -0.25) is 10.1 Å². The Labute approximate surface area is 157 Å². The Morgan fingerprint density at radius 3 is 2.44 bits per heavy atom. The molecule has 0 aliphatic heterocycles. The number of sulfonamides is 1. The average Bonchev–Trinajstić information content (AvgIpc) is 2.61. The lowest BCUT2D eigenvalue weighted by molar-refractivity contribution is -0.384. The van der Waals surface area contributed by atoms with E-state index in [-0.39, 0.29) is 22.8 Å². The van der Waals surface area contributed by atoms with Crippen LogP contribution in [0.4, 0.5) is 5.69 Å². The van der Waals surface area contributed by atoms with Crippen LogP contribution in [0.1, 0.15) is 27.0 Å². The topological polar surface area (TPSA) is 107 Å². The van der Waals surface area contributed by atoms with E-state index in [1.165, 1.54) is 38.4 Å². The van der Waals surface area contributed by atoms with Crippen molar-refractivity contribution in [3.63, 3.8) is 0 Å². The van der Waals surface area contributed by atoms with E-state index in [0.717, 1.165) is 4.31 Å². The van der Waals surface area contributed by atoms with Gasteiger partial charge in [-0.25, -0.2) is 17.5 Å². The highest BCUT2D eigenvalue weighted by Gasteiger charge is 2.23. The lowest BCUT2D eigenvalue weighted by Gasteiger charge is -2.16. The van der Waals surface area contributed by atoms with Crippen LogP contribution in [0.2, 0.25) is 0 Å². The quantitative estimate of drug-likeness (QED) is 0.425. The fourth-order valence-electron chi connectivity index (χ4n) is 2.40. The fraction of sp³-hybridized carbons (Fsp3) is 0.278. The van der Waals surface area contributed by atoms with E-state index in [1.807, 2.05) is 0 Å². The van der Waals surface area contributed by atoms with E-state index in [0.29, 0.717) is 16.7 Å². The van der Waals surface area contributed by atoms with E-state index in [1.54, 1.807) is 26.0 Å². The molecule has 0 heterocycles. The number of carbonyl (C=O) groups excluding carboxylic acids is 1. The number of hydrogen-bond donors (Lipinski definition) is 0. The van der Waals surface area contributed by atoms with Crippen molar-refractivity contribution in [2.75, 3.05) is 14.1 Å². The normalized spacial score (nSPS) is 11.4. The summed E-state index contributed by atoms with van der Waals surface area (Å²) < 4.78 is 31.2. The molecule has 0 N–H and O–H groups in total. The first-order chi connectivity index (χ1) is 12.5. The maximum Gasteiger partial charge on any atom is 0.338 e. The number of hydrogen-bond acceptors (Lipinski definition) is 6. The number of benzene rings is 2. The number of rotatable bonds is 6. The maximum absolute atomic E-state index is 12.5. The molecule has 8 nitrogen and oxygen atoms in total. The molecule has 2 aromatic rings. The molecule has 0 spiro atoms. The molecule has 0 atom stereocenters. The summed E-state index contributed by atoms with van der Waals surface area (Å²) in [6.07, 6.45) is 0. The van der Waals surface area contributed by atoms with Crippen molar-refractivity contribution in [1.29, 1.82) is 0 Å². The number of nitro groups is 1. The van der Waals surface area contributed by atoms with Crippen LogP contribution in [0.25, 0.3) is 0 Å². The van der Waals surface area contributed by atoms with Crippen LogP contribution in [0.5, 0.6) is 0 Å². The number of ether oxygens (including phenoxy) is 1. The molecule has 27 heavy (non-hydrogen) atoms. The fourth-order valence-corrected chi connectivity index (χ4v) is 3.62. The van der Waals surface area contributed by atoms with Crippen molar-refractivity contribution in [3.8, 4) is 0 Å². The van der Waals surface area contributed by atoms with Crippen LogP contribution in [-0.2, 0) is 21.4 Å². The van der Waals surface area contributed by atoms with Crippen molar-refractivity contribution in [2.24, 2.45) is 0 Å². The van der Waals surface area contributed by atoms with Gasteiger partial charge in [0.15, 0.2) is 0 Å². The van der Waals surface area contributed by atoms with Crippen molar-refractivity contribution >= 4 is 21.7 Å². The number of nitrogens with zero attached hydrogens (tertiary/aromatic N) is 2. The number of carbonyl (C=O) groups is 1. The van der Waals surface area contributed by atoms with Crippen LogP contribution < -0.4 is 0 Å². The SMILES string of the molecule is Cc1cc(C(=O)OCc2cccc([N+](=O)[O-])c2)cc(S(=O)(=O)N(C)C)c1C. The summed E-state index contributed by atoms with van der Waals surface area (Å²) in [4.78, 5) is 22.7. The minimum absolute atomic E-state index is 0.0369. The molecule has 9 heteroatoms. The van der Waals surface area contributed by atoms with Gasteiger partial charge in [0.1, 0.15) is 6.61 Å². The molecule has 2 aromatic carbocycles. The minimum atomic E-state index is -3.72. The Hall–Kier alpha value is -2.78. The van der Waals surface area contributed by atoms with Crippen LogP contribution in [0.15, 0.2) is 41.3 Å². The standard InChI is InChI=1S/C18H20N2O6S/c1-12-8-15(10-17(13(12)2)27(24,25)19(3)4)18(21)26-11-14-6-5-7-16(9-14)20(22)23/h5-10H,11H2,1-4H3. The Morgan fingerprint density at radius 2 is 1.85 bits per heavy atom. The van der Waals surface area contributed by atoms with Crippen LogP contribution in [-0.4, -0.2) is 37.7 Å². The Kier molecular flexibility index (Phi) is 5.97. The first kappa shape index (κ1) is 20.5. The van der Waals surface area contributed by atoms with E-state index in [2.05, 4.69) is 0 Å². The smallest absolute Gasteiger partial charge is 0.338 e. The Bertz CT molecular complexity index is 999. The van der Waals surface area contributed by atoms with E-state index < -0.39 is 20.9 Å². The predicted molar refractivity (Wildman–Crippen MR) is 99.0 cm³/mol. The second-order valence-corrected chi connectivity index (χ2v) is 8.33. The van der Waals surface area contributed by atoms with E-state index in [9.17, 15) is 23.3 Å². The second-order valence-electron chi connectivity index (χ2n) is 6.21. The summed E-state index contributed by atoms with van der Waals surface area (Å²) in [5, 5.41) is 10.8. The number of non-ortho nitro benzene ring substituents is 1. The van der Waals surface area contributed by atoms with Gasteiger partial charge in [0.2, 0.25) is 10.0 Å². The molecule has 144 valence electrons. The highest BCUT2D eigenvalue weighted by Crippen LogP contribution is 2.24. The summed E-state index contributed by atoms with van der Waals surface area (Å²) in [6, 6.07) is 8.59.